The molecule has 1 atom stereocenters. The van der Waals surface area contributed by atoms with Gasteiger partial charge < -0.3 is 14.3 Å². The first-order chi connectivity index (χ1) is 12.8. The van der Waals surface area contributed by atoms with Crippen molar-refractivity contribution in [2.24, 2.45) is 5.92 Å². The molecule has 0 radical (unpaired) electrons. The third kappa shape index (κ3) is 4.35. The summed E-state index contributed by atoms with van der Waals surface area (Å²) in [7, 11) is 0. The first kappa shape index (κ1) is 19.1. The van der Waals surface area contributed by atoms with Crippen LogP contribution in [0.2, 0.25) is 0 Å². The van der Waals surface area contributed by atoms with E-state index >= 15 is 0 Å². The van der Waals surface area contributed by atoms with Crippen molar-refractivity contribution in [3.63, 3.8) is 0 Å². The molecule has 2 aromatic rings. The predicted octanol–water partition coefficient (Wildman–Crippen LogP) is 3.02. The number of hydrogen-bond acceptors (Lipinski definition) is 4. The highest BCUT2D eigenvalue weighted by atomic mass is 19.1. The van der Waals surface area contributed by atoms with Crippen LogP contribution in [0.4, 0.5) is 4.39 Å². The Balaban J connectivity index is 1.81. The molecule has 1 fully saturated rings. The molecule has 3 rings (SSSR count). The average Bonchev–Trinajstić information content (AvgIpc) is 3.00. The minimum atomic E-state index is -0.305. The highest BCUT2D eigenvalue weighted by Gasteiger charge is 2.34. The maximum atomic E-state index is 13.2. The molecule has 0 unspecified atom stereocenters. The van der Waals surface area contributed by atoms with Crippen LogP contribution in [0, 0.1) is 18.7 Å². The minimum absolute atomic E-state index is 0.0120. The highest BCUT2D eigenvalue weighted by molar-refractivity contribution is 5.92. The molecule has 7 heteroatoms. The molecule has 1 aromatic heterocycles. The predicted molar refractivity (Wildman–Crippen MR) is 97.3 cm³/mol. The molecule has 144 valence electrons. The lowest BCUT2D eigenvalue weighted by Gasteiger charge is -2.34. The van der Waals surface area contributed by atoms with Gasteiger partial charge in [-0.15, -0.1) is 0 Å². The zero-order chi connectivity index (χ0) is 19.6. The van der Waals surface area contributed by atoms with Crippen molar-refractivity contribution in [1.29, 1.82) is 0 Å². The van der Waals surface area contributed by atoms with Crippen LogP contribution in [0.15, 0.2) is 34.9 Å². The number of aromatic nitrogens is 1. The zero-order valence-electron chi connectivity index (χ0n) is 15.8. The molecule has 0 N–H and O–H groups in total. The van der Waals surface area contributed by atoms with Crippen LogP contribution in [-0.2, 0) is 11.3 Å². The summed E-state index contributed by atoms with van der Waals surface area (Å²) in [6.07, 6.45) is 0.239. The molecular weight excluding hydrogens is 349 g/mol. The van der Waals surface area contributed by atoms with Gasteiger partial charge in [0.1, 0.15) is 5.82 Å². The summed E-state index contributed by atoms with van der Waals surface area (Å²) in [5.74, 6) is -0.228. The Morgan fingerprint density at radius 3 is 2.63 bits per heavy atom. The van der Waals surface area contributed by atoms with Gasteiger partial charge in [-0.25, -0.2) is 4.39 Å². The van der Waals surface area contributed by atoms with Gasteiger partial charge in [-0.1, -0.05) is 31.1 Å². The largest absolute Gasteiger partial charge is 0.351 e. The van der Waals surface area contributed by atoms with E-state index in [0.717, 1.165) is 5.56 Å². The number of benzene rings is 1. The fraction of sp³-hybridized carbons (Fsp3) is 0.450. The maximum absolute atomic E-state index is 13.2. The van der Waals surface area contributed by atoms with Gasteiger partial charge in [-0.3, -0.25) is 9.59 Å². The van der Waals surface area contributed by atoms with E-state index in [2.05, 4.69) is 5.16 Å². The van der Waals surface area contributed by atoms with Gasteiger partial charge in [0.05, 0.1) is 11.7 Å². The number of amides is 2. The monoisotopic (exact) mass is 373 g/mol. The summed E-state index contributed by atoms with van der Waals surface area (Å²) >= 11 is 0. The number of nitrogens with zero attached hydrogens (tertiary/aromatic N) is 3. The number of carbonyl (C=O) groups is 2. The molecular formula is C20H24FN3O3. The van der Waals surface area contributed by atoms with E-state index in [1.165, 1.54) is 12.1 Å². The molecule has 1 saturated heterocycles. The third-order valence-corrected chi connectivity index (χ3v) is 4.89. The minimum Gasteiger partial charge on any atom is -0.351 e. The molecule has 1 aliphatic heterocycles. The summed E-state index contributed by atoms with van der Waals surface area (Å²) < 4.78 is 18.3. The molecule has 6 nitrogen and oxygen atoms in total. The summed E-state index contributed by atoms with van der Waals surface area (Å²) in [5.41, 5.74) is 1.50. The van der Waals surface area contributed by atoms with Crippen LogP contribution in [-0.4, -0.2) is 45.9 Å². The summed E-state index contributed by atoms with van der Waals surface area (Å²) in [6, 6.07) is 7.62. The quantitative estimate of drug-likeness (QED) is 0.826. The second-order valence-electron chi connectivity index (χ2n) is 7.29. The van der Waals surface area contributed by atoms with E-state index in [-0.39, 0.29) is 41.8 Å². The number of hydrogen-bond donors (Lipinski definition) is 0. The summed E-state index contributed by atoms with van der Waals surface area (Å²) in [4.78, 5) is 29.0. The van der Waals surface area contributed by atoms with Crippen molar-refractivity contribution in [2.45, 2.75) is 39.8 Å². The van der Waals surface area contributed by atoms with Crippen LogP contribution >= 0.6 is 0 Å². The van der Waals surface area contributed by atoms with E-state index in [4.69, 9.17) is 4.52 Å². The summed E-state index contributed by atoms with van der Waals surface area (Å²) in [6.45, 7) is 6.97. The lowest BCUT2D eigenvalue weighted by atomic mass is 10.0. The van der Waals surface area contributed by atoms with E-state index < -0.39 is 0 Å². The van der Waals surface area contributed by atoms with Gasteiger partial charge in [-0.05, 0) is 30.5 Å². The molecule has 1 aromatic carbocycles. The highest BCUT2D eigenvalue weighted by Crippen LogP contribution is 2.22. The standard InChI is InChI=1S/C20H24FN3O3/c1-13(2)17-12-23(20(26)18-10-14(3)22-27-18)9-8-19(25)24(17)11-15-4-6-16(21)7-5-15/h4-7,10,13,17H,8-9,11-12H2,1-3H3/t17-/m1/s1. The fourth-order valence-corrected chi connectivity index (χ4v) is 3.34. The molecule has 0 aliphatic carbocycles. The molecule has 2 heterocycles. The van der Waals surface area contributed by atoms with Crippen molar-refractivity contribution in [1.82, 2.24) is 15.0 Å². The van der Waals surface area contributed by atoms with Crippen molar-refractivity contribution < 1.29 is 18.5 Å². The van der Waals surface area contributed by atoms with Crippen LogP contribution in [0.1, 0.15) is 42.1 Å². The molecule has 0 bridgehead atoms. The van der Waals surface area contributed by atoms with Crippen molar-refractivity contribution in [3.8, 4) is 0 Å². The van der Waals surface area contributed by atoms with Crippen molar-refractivity contribution in [2.75, 3.05) is 13.1 Å². The molecule has 0 spiro atoms. The zero-order valence-corrected chi connectivity index (χ0v) is 15.8. The number of aryl methyl sites for hydroxylation is 1. The van der Waals surface area contributed by atoms with Gasteiger partial charge >= 0.3 is 0 Å². The smallest absolute Gasteiger partial charge is 0.292 e. The molecule has 1 aliphatic rings. The van der Waals surface area contributed by atoms with Gasteiger partial charge in [0, 0.05) is 32.1 Å². The van der Waals surface area contributed by atoms with Crippen molar-refractivity contribution >= 4 is 11.8 Å². The topological polar surface area (TPSA) is 66.7 Å². The van der Waals surface area contributed by atoms with Crippen LogP contribution in [0.3, 0.4) is 0 Å². The summed E-state index contributed by atoms with van der Waals surface area (Å²) in [5, 5.41) is 3.77. The normalized spacial score (nSPS) is 18.1. The Morgan fingerprint density at radius 1 is 1.33 bits per heavy atom. The third-order valence-electron chi connectivity index (χ3n) is 4.89. The molecule has 27 heavy (non-hydrogen) atoms. The Morgan fingerprint density at radius 2 is 2.04 bits per heavy atom. The first-order valence-electron chi connectivity index (χ1n) is 9.11. The van der Waals surface area contributed by atoms with Gasteiger partial charge in [0.15, 0.2) is 0 Å². The van der Waals surface area contributed by atoms with E-state index in [1.54, 1.807) is 34.9 Å². The average molecular weight is 373 g/mol. The molecule has 2 amide bonds. The van der Waals surface area contributed by atoms with E-state index in [1.807, 2.05) is 13.8 Å². The lowest BCUT2D eigenvalue weighted by Crippen LogP contribution is -2.47. The van der Waals surface area contributed by atoms with Gasteiger partial charge in [0.25, 0.3) is 5.91 Å². The van der Waals surface area contributed by atoms with Crippen LogP contribution in [0.25, 0.3) is 0 Å². The maximum Gasteiger partial charge on any atom is 0.292 e. The number of rotatable bonds is 4. The SMILES string of the molecule is Cc1cc(C(=O)N2CCC(=O)N(Cc3ccc(F)cc3)[C@@H](C(C)C)C2)on1. The lowest BCUT2D eigenvalue weighted by molar-refractivity contribution is -0.134. The van der Waals surface area contributed by atoms with Crippen LogP contribution in [0.5, 0.6) is 0 Å². The van der Waals surface area contributed by atoms with E-state index in [0.29, 0.717) is 25.3 Å². The number of halogens is 1. The van der Waals surface area contributed by atoms with Crippen molar-refractivity contribution in [3.05, 3.63) is 53.2 Å². The second kappa shape index (κ2) is 7.90. The molecule has 0 saturated carbocycles. The van der Waals surface area contributed by atoms with E-state index in [9.17, 15) is 14.0 Å². The Labute approximate surface area is 157 Å². The number of carbonyl (C=O) groups excluding carboxylic acids is 2. The Bertz CT molecular complexity index is 816. The fourth-order valence-electron chi connectivity index (χ4n) is 3.34. The van der Waals surface area contributed by atoms with Crippen LogP contribution < -0.4 is 0 Å². The Kier molecular flexibility index (Phi) is 5.58. The first-order valence-corrected chi connectivity index (χ1v) is 9.11. The Hall–Kier alpha value is -2.70. The van der Waals surface area contributed by atoms with Gasteiger partial charge in [-0.2, -0.15) is 0 Å². The van der Waals surface area contributed by atoms with Gasteiger partial charge in [0.2, 0.25) is 11.7 Å². The second-order valence-corrected chi connectivity index (χ2v) is 7.29.